The first kappa shape index (κ1) is 11.3. The van der Waals surface area contributed by atoms with Crippen LogP contribution in [-0.4, -0.2) is 10.7 Å². The molecule has 0 atom stereocenters. The molecule has 0 aliphatic carbocycles. The highest BCUT2D eigenvalue weighted by atomic mass is 32.2. The van der Waals surface area contributed by atoms with Crippen LogP contribution in [0.2, 0.25) is 0 Å². The van der Waals surface area contributed by atoms with Crippen LogP contribution in [0, 0.1) is 6.92 Å². The van der Waals surface area contributed by atoms with Crippen LogP contribution in [0.4, 0.5) is 0 Å². The number of aryl methyl sites for hydroxylation is 1. The molecule has 0 fully saturated rings. The van der Waals surface area contributed by atoms with E-state index in [0.717, 1.165) is 9.80 Å². The maximum absolute atomic E-state index is 9.68. The Morgan fingerprint density at radius 3 is 2.21 bits per heavy atom. The van der Waals surface area contributed by atoms with Crippen molar-refractivity contribution in [3.05, 3.63) is 41.3 Å². The average Bonchev–Trinajstić information content (AvgIpc) is 2.07. The quantitative estimate of drug-likeness (QED) is 0.768. The zero-order valence-corrected chi connectivity index (χ0v) is 9.69. The Balaban J connectivity index is 2.71. The molecule has 0 aromatic heterocycles. The van der Waals surface area contributed by atoms with Crippen LogP contribution in [0.15, 0.2) is 40.6 Å². The molecule has 1 aromatic carbocycles. The summed E-state index contributed by atoms with van der Waals surface area (Å²) < 4.78 is 0. The van der Waals surface area contributed by atoms with Gasteiger partial charge in [0, 0.05) is 9.80 Å². The van der Waals surface area contributed by atoms with Gasteiger partial charge in [0.25, 0.3) is 0 Å². The third kappa shape index (κ3) is 3.20. The molecular weight excluding hydrogens is 192 g/mol. The van der Waals surface area contributed by atoms with Gasteiger partial charge < -0.3 is 5.11 Å². The van der Waals surface area contributed by atoms with Gasteiger partial charge in [-0.05, 0) is 32.9 Å². The maximum Gasteiger partial charge on any atom is 0.0896 e. The van der Waals surface area contributed by atoms with E-state index < -0.39 is 5.60 Å². The molecule has 0 spiro atoms. The van der Waals surface area contributed by atoms with Gasteiger partial charge in [0.2, 0.25) is 0 Å². The third-order valence-electron chi connectivity index (χ3n) is 1.94. The lowest BCUT2D eigenvalue weighted by atomic mass is 10.1. The lowest BCUT2D eigenvalue weighted by Crippen LogP contribution is -2.18. The topological polar surface area (TPSA) is 20.2 Å². The third-order valence-corrected chi connectivity index (χ3v) is 3.20. The summed E-state index contributed by atoms with van der Waals surface area (Å²) in [5.74, 6) is 0. The predicted octanol–water partition coefficient (Wildman–Crippen LogP) is 3.37. The number of aliphatic hydroxyl groups is 1. The van der Waals surface area contributed by atoms with Crippen LogP contribution >= 0.6 is 11.8 Å². The zero-order chi connectivity index (χ0) is 10.8. The first-order valence-electron chi connectivity index (χ1n) is 4.56. The van der Waals surface area contributed by atoms with Crippen molar-refractivity contribution in [2.75, 3.05) is 0 Å². The minimum Gasteiger partial charge on any atom is -0.385 e. The van der Waals surface area contributed by atoms with Gasteiger partial charge >= 0.3 is 0 Å². The van der Waals surface area contributed by atoms with Gasteiger partial charge in [0.15, 0.2) is 0 Å². The number of rotatable bonds is 3. The van der Waals surface area contributed by atoms with Gasteiger partial charge in [-0.25, -0.2) is 0 Å². The van der Waals surface area contributed by atoms with Crippen LogP contribution in [-0.2, 0) is 0 Å². The Labute approximate surface area is 89.8 Å². The molecule has 1 aromatic rings. The van der Waals surface area contributed by atoms with Crippen LogP contribution in [0.3, 0.4) is 0 Å². The molecule has 1 nitrogen and oxygen atoms in total. The molecule has 2 heteroatoms. The Bertz CT molecular complexity index is 319. The first-order valence-corrected chi connectivity index (χ1v) is 5.37. The van der Waals surface area contributed by atoms with Crippen molar-refractivity contribution < 1.29 is 5.11 Å². The van der Waals surface area contributed by atoms with Crippen molar-refractivity contribution in [3.63, 3.8) is 0 Å². The van der Waals surface area contributed by atoms with Crippen molar-refractivity contribution in [1.29, 1.82) is 0 Å². The minimum atomic E-state index is -0.824. The Morgan fingerprint density at radius 1 is 1.29 bits per heavy atom. The number of benzene rings is 1. The molecule has 0 unspecified atom stereocenters. The summed E-state index contributed by atoms with van der Waals surface area (Å²) in [4.78, 5) is 1.88. The second kappa shape index (κ2) is 4.20. The maximum atomic E-state index is 9.68. The average molecular weight is 208 g/mol. The van der Waals surface area contributed by atoms with E-state index in [-0.39, 0.29) is 0 Å². The van der Waals surface area contributed by atoms with Crippen molar-refractivity contribution in [2.45, 2.75) is 31.3 Å². The van der Waals surface area contributed by atoms with E-state index in [4.69, 9.17) is 0 Å². The van der Waals surface area contributed by atoms with E-state index in [0.29, 0.717) is 0 Å². The van der Waals surface area contributed by atoms with E-state index in [1.165, 1.54) is 17.3 Å². The number of hydrogen-bond donors (Lipinski definition) is 1. The summed E-state index contributed by atoms with van der Waals surface area (Å²) in [7, 11) is 0. The van der Waals surface area contributed by atoms with Crippen molar-refractivity contribution in [2.24, 2.45) is 0 Å². The molecular formula is C12H16OS. The Hall–Kier alpha value is -0.730. The number of hydrogen-bond acceptors (Lipinski definition) is 2. The van der Waals surface area contributed by atoms with Gasteiger partial charge in [-0.2, -0.15) is 0 Å². The zero-order valence-electron chi connectivity index (χ0n) is 8.87. The minimum absolute atomic E-state index is 0.765. The summed E-state index contributed by atoms with van der Waals surface area (Å²) in [6.45, 7) is 9.40. The molecule has 14 heavy (non-hydrogen) atoms. The summed E-state index contributed by atoms with van der Waals surface area (Å²) in [6, 6.07) is 8.19. The van der Waals surface area contributed by atoms with Gasteiger partial charge in [-0.3, -0.25) is 0 Å². The molecule has 0 heterocycles. The summed E-state index contributed by atoms with van der Waals surface area (Å²) in [6.07, 6.45) is 0. The number of thioether (sulfide) groups is 1. The monoisotopic (exact) mass is 208 g/mol. The summed E-state index contributed by atoms with van der Waals surface area (Å²) in [5.41, 5.74) is 0.415. The molecule has 0 saturated carbocycles. The fraction of sp³-hybridized carbons (Fsp3) is 0.333. The Morgan fingerprint density at radius 2 is 1.79 bits per heavy atom. The standard InChI is InChI=1S/C12H16OS/c1-9-5-7-11(8-6-9)14-10(2)12(3,4)13/h5-8,13H,2H2,1,3-4H3. The molecule has 0 aliphatic heterocycles. The van der Waals surface area contributed by atoms with E-state index in [9.17, 15) is 5.11 Å². The lowest BCUT2D eigenvalue weighted by Gasteiger charge is -2.19. The van der Waals surface area contributed by atoms with E-state index in [2.05, 4.69) is 25.6 Å². The van der Waals surface area contributed by atoms with E-state index in [1.807, 2.05) is 12.1 Å². The highest BCUT2D eigenvalue weighted by molar-refractivity contribution is 8.03. The summed E-state index contributed by atoms with van der Waals surface area (Å²) in [5, 5.41) is 9.68. The normalized spacial score (nSPS) is 11.4. The second-order valence-corrected chi connectivity index (χ2v) is 5.07. The molecule has 1 rings (SSSR count). The fourth-order valence-corrected chi connectivity index (χ4v) is 1.68. The SMILES string of the molecule is C=C(Sc1ccc(C)cc1)C(C)(C)O. The molecule has 0 amide bonds. The van der Waals surface area contributed by atoms with Gasteiger partial charge in [-0.15, -0.1) is 0 Å². The highest BCUT2D eigenvalue weighted by Crippen LogP contribution is 2.32. The molecule has 0 saturated heterocycles. The lowest BCUT2D eigenvalue weighted by molar-refractivity contribution is 0.129. The molecule has 0 bridgehead atoms. The first-order chi connectivity index (χ1) is 6.39. The van der Waals surface area contributed by atoms with Crippen LogP contribution in [0.5, 0.6) is 0 Å². The van der Waals surface area contributed by atoms with Crippen molar-refractivity contribution >= 4 is 11.8 Å². The van der Waals surface area contributed by atoms with Gasteiger partial charge in [0.1, 0.15) is 0 Å². The van der Waals surface area contributed by atoms with Crippen LogP contribution < -0.4 is 0 Å². The predicted molar refractivity (Wildman–Crippen MR) is 62.5 cm³/mol. The second-order valence-electron chi connectivity index (χ2n) is 3.90. The Kier molecular flexibility index (Phi) is 3.40. The highest BCUT2D eigenvalue weighted by Gasteiger charge is 2.17. The molecule has 0 radical (unpaired) electrons. The van der Waals surface area contributed by atoms with Gasteiger partial charge in [0.05, 0.1) is 5.60 Å². The largest absolute Gasteiger partial charge is 0.385 e. The van der Waals surface area contributed by atoms with E-state index >= 15 is 0 Å². The van der Waals surface area contributed by atoms with Crippen molar-refractivity contribution in [3.8, 4) is 0 Å². The smallest absolute Gasteiger partial charge is 0.0896 e. The molecule has 76 valence electrons. The molecule has 1 N–H and O–H groups in total. The fourth-order valence-electron chi connectivity index (χ4n) is 0.873. The van der Waals surface area contributed by atoms with Crippen LogP contribution in [0.25, 0.3) is 0 Å². The summed E-state index contributed by atoms with van der Waals surface area (Å²) >= 11 is 1.51. The van der Waals surface area contributed by atoms with Crippen molar-refractivity contribution in [1.82, 2.24) is 0 Å². The van der Waals surface area contributed by atoms with Gasteiger partial charge in [-0.1, -0.05) is 36.0 Å². The molecule has 0 aliphatic rings. The van der Waals surface area contributed by atoms with E-state index in [1.54, 1.807) is 13.8 Å². The van der Waals surface area contributed by atoms with Crippen LogP contribution in [0.1, 0.15) is 19.4 Å².